The van der Waals surface area contributed by atoms with Crippen molar-refractivity contribution in [3.63, 3.8) is 0 Å². The average Bonchev–Trinajstić information content (AvgIpc) is 2.67. The molecule has 3 rings (SSSR count). The molecule has 0 saturated carbocycles. The normalized spacial score (nSPS) is 10.3. The third-order valence-electron chi connectivity index (χ3n) is 3.58. The highest BCUT2D eigenvalue weighted by Gasteiger charge is 2.24. The number of nitrogens with one attached hydrogen (secondary N) is 3. The van der Waals surface area contributed by atoms with Gasteiger partial charge in [0.1, 0.15) is 12.1 Å². The Morgan fingerprint density at radius 2 is 1.76 bits per heavy atom. The molecule has 1 heterocycles. The molecule has 0 spiro atoms. The molecular weight excluding hydrogens is 426 g/mol. The number of nitrogens with zero attached hydrogens (tertiary/aromatic N) is 3. The predicted octanol–water partition coefficient (Wildman–Crippen LogP) is 4.33. The van der Waals surface area contributed by atoms with Crippen LogP contribution in [0.1, 0.15) is 10.4 Å². The molecule has 0 aliphatic heterocycles. The number of nitro groups is 1. The Labute approximate surface area is 173 Å². The minimum Gasteiger partial charge on any atom is -0.334 e. The summed E-state index contributed by atoms with van der Waals surface area (Å²) in [6, 6.07) is 9.40. The summed E-state index contributed by atoms with van der Waals surface area (Å²) < 4.78 is 13.0. The first-order valence-corrected chi connectivity index (χ1v) is 8.64. The molecule has 1 aromatic heterocycles. The number of hydrogen-bond acceptors (Lipinski definition) is 7. The maximum atomic E-state index is 13.0. The van der Waals surface area contributed by atoms with Crippen LogP contribution >= 0.6 is 23.2 Å². The lowest BCUT2D eigenvalue weighted by Gasteiger charge is -2.11. The highest BCUT2D eigenvalue weighted by atomic mass is 35.5. The van der Waals surface area contributed by atoms with Gasteiger partial charge in [-0.25, -0.2) is 14.4 Å². The second-order valence-electron chi connectivity index (χ2n) is 5.51. The Kier molecular flexibility index (Phi) is 6.05. The van der Waals surface area contributed by atoms with Crippen LogP contribution in [-0.2, 0) is 0 Å². The van der Waals surface area contributed by atoms with Crippen molar-refractivity contribution in [1.82, 2.24) is 15.4 Å². The number of anilines is 3. The number of rotatable bonds is 6. The van der Waals surface area contributed by atoms with Crippen LogP contribution < -0.4 is 16.2 Å². The number of hydrazine groups is 1. The van der Waals surface area contributed by atoms with Gasteiger partial charge in [-0.05, 0) is 42.5 Å². The van der Waals surface area contributed by atoms with E-state index in [0.717, 1.165) is 6.33 Å². The monoisotopic (exact) mass is 436 g/mol. The molecule has 148 valence electrons. The lowest BCUT2D eigenvalue weighted by Crippen LogP contribution is -2.30. The van der Waals surface area contributed by atoms with Crippen molar-refractivity contribution in [2.24, 2.45) is 0 Å². The van der Waals surface area contributed by atoms with E-state index in [-0.39, 0.29) is 22.2 Å². The maximum absolute atomic E-state index is 13.0. The van der Waals surface area contributed by atoms with Crippen LogP contribution in [0.25, 0.3) is 0 Å². The molecule has 0 aliphatic carbocycles. The van der Waals surface area contributed by atoms with Crippen molar-refractivity contribution < 1.29 is 14.1 Å². The average molecular weight is 437 g/mol. The molecule has 3 N–H and O–H groups in total. The summed E-state index contributed by atoms with van der Waals surface area (Å²) in [6.07, 6.45) is 1.06. The highest BCUT2D eigenvalue weighted by molar-refractivity contribution is 6.36. The van der Waals surface area contributed by atoms with Crippen molar-refractivity contribution in [2.75, 3.05) is 10.7 Å². The molecule has 0 aliphatic rings. The van der Waals surface area contributed by atoms with Crippen LogP contribution in [0.15, 0.2) is 48.8 Å². The fourth-order valence-corrected chi connectivity index (χ4v) is 2.76. The van der Waals surface area contributed by atoms with Crippen molar-refractivity contribution in [1.29, 1.82) is 0 Å². The SMILES string of the molecule is O=C(NNc1ncnc(Nc2ccc(F)cc2)c1[N+](=O)[O-])c1ccc(Cl)cc1Cl. The van der Waals surface area contributed by atoms with Crippen LogP contribution in [0, 0.1) is 15.9 Å². The summed E-state index contributed by atoms with van der Waals surface area (Å²) >= 11 is 11.8. The Hall–Kier alpha value is -3.50. The van der Waals surface area contributed by atoms with Crippen LogP contribution in [-0.4, -0.2) is 20.8 Å². The molecule has 12 heteroatoms. The molecule has 1 amide bonds. The van der Waals surface area contributed by atoms with Gasteiger partial charge in [0.05, 0.1) is 15.5 Å². The first-order chi connectivity index (χ1) is 13.8. The second-order valence-corrected chi connectivity index (χ2v) is 6.36. The maximum Gasteiger partial charge on any atom is 0.355 e. The Morgan fingerprint density at radius 3 is 2.41 bits per heavy atom. The number of halogens is 3. The van der Waals surface area contributed by atoms with E-state index in [9.17, 15) is 19.3 Å². The first kappa shape index (κ1) is 20.2. The first-order valence-electron chi connectivity index (χ1n) is 7.88. The van der Waals surface area contributed by atoms with Gasteiger partial charge in [-0.1, -0.05) is 23.2 Å². The van der Waals surface area contributed by atoms with Gasteiger partial charge in [0.2, 0.25) is 11.6 Å². The second kappa shape index (κ2) is 8.67. The molecule has 0 radical (unpaired) electrons. The van der Waals surface area contributed by atoms with Gasteiger partial charge in [0.15, 0.2) is 0 Å². The van der Waals surface area contributed by atoms with Gasteiger partial charge in [-0.3, -0.25) is 25.8 Å². The van der Waals surface area contributed by atoms with Crippen LogP contribution in [0.2, 0.25) is 10.0 Å². The third-order valence-corrected chi connectivity index (χ3v) is 4.13. The number of amides is 1. The van der Waals surface area contributed by atoms with E-state index < -0.39 is 22.3 Å². The number of aromatic nitrogens is 2. The number of carbonyl (C=O) groups excluding carboxylic acids is 1. The smallest absolute Gasteiger partial charge is 0.334 e. The zero-order chi connectivity index (χ0) is 21.0. The molecule has 0 bridgehead atoms. The van der Waals surface area contributed by atoms with Gasteiger partial charge < -0.3 is 5.32 Å². The Morgan fingerprint density at radius 1 is 1.07 bits per heavy atom. The lowest BCUT2D eigenvalue weighted by atomic mass is 10.2. The van der Waals surface area contributed by atoms with Crippen LogP contribution in [0.5, 0.6) is 0 Å². The molecule has 2 aromatic carbocycles. The molecular formula is C17H11Cl2FN6O3. The zero-order valence-corrected chi connectivity index (χ0v) is 15.8. The van der Waals surface area contributed by atoms with Gasteiger partial charge >= 0.3 is 5.69 Å². The van der Waals surface area contributed by atoms with E-state index in [0.29, 0.717) is 10.7 Å². The quantitative estimate of drug-likeness (QED) is 0.388. The summed E-state index contributed by atoms with van der Waals surface area (Å²) in [5.41, 5.74) is 4.61. The topological polar surface area (TPSA) is 122 Å². The molecule has 0 unspecified atom stereocenters. The summed E-state index contributed by atoms with van der Waals surface area (Å²) in [4.78, 5) is 30.7. The molecule has 0 saturated heterocycles. The van der Waals surface area contributed by atoms with Gasteiger partial charge in [0.25, 0.3) is 5.91 Å². The van der Waals surface area contributed by atoms with E-state index in [1.807, 2.05) is 0 Å². The molecule has 0 atom stereocenters. The standard InChI is InChI=1S/C17H11Cl2FN6O3/c18-9-1-6-12(13(19)7-9)17(27)25-24-16-14(26(28)29)15(21-8-22-16)23-11-4-2-10(20)3-5-11/h1-8H,(H,25,27)(H2,21,22,23,24). The molecule has 29 heavy (non-hydrogen) atoms. The van der Waals surface area contributed by atoms with Gasteiger partial charge in [-0.2, -0.15) is 0 Å². The predicted molar refractivity (Wildman–Crippen MR) is 106 cm³/mol. The lowest BCUT2D eigenvalue weighted by molar-refractivity contribution is -0.383. The Balaban J connectivity index is 1.82. The van der Waals surface area contributed by atoms with Crippen LogP contribution in [0.4, 0.5) is 27.4 Å². The van der Waals surface area contributed by atoms with E-state index in [2.05, 4.69) is 26.1 Å². The number of benzene rings is 2. The fourth-order valence-electron chi connectivity index (χ4n) is 2.26. The van der Waals surface area contributed by atoms with Crippen molar-refractivity contribution in [3.05, 3.63) is 80.3 Å². The summed E-state index contributed by atoms with van der Waals surface area (Å²) in [5, 5.41) is 14.7. The van der Waals surface area contributed by atoms with E-state index >= 15 is 0 Å². The summed E-state index contributed by atoms with van der Waals surface area (Å²) in [7, 11) is 0. The molecule has 9 nitrogen and oxygen atoms in total. The Bertz CT molecular complexity index is 1080. The fraction of sp³-hybridized carbons (Fsp3) is 0. The highest BCUT2D eigenvalue weighted by Crippen LogP contribution is 2.31. The van der Waals surface area contributed by atoms with Crippen LogP contribution in [0.3, 0.4) is 0 Å². The van der Waals surface area contributed by atoms with Crippen molar-refractivity contribution >= 4 is 52.1 Å². The zero-order valence-electron chi connectivity index (χ0n) is 14.3. The van der Waals surface area contributed by atoms with Gasteiger partial charge in [-0.15, -0.1) is 0 Å². The minimum atomic E-state index is -0.727. The molecule has 3 aromatic rings. The number of hydrogen-bond donors (Lipinski definition) is 3. The number of carbonyl (C=O) groups is 1. The largest absolute Gasteiger partial charge is 0.355 e. The summed E-state index contributed by atoms with van der Waals surface area (Å²) in [6.45, 7) is 0. The minimum absolute atomic E-state index is 0.102. The summed E-state index contributed by atoms with van der Waals surface area (Å²) in [5.74, 6) is -1.54. The third kappa shape index (κ3) is 4.86. The van der Waals surface area contributed by atoms with E-state index in [1.165, 1.54) is 42.5 Å². The van der Waals surface area contributed by atoms with Crippen molar-refractivity contribution in [2.45, 2.75) is 0 Å². The van der Waals surface area contributed by atoms with Crippen molar-refractivity contribution in [3.8, 4) is 0 Å². The molecule has 0 fully saturated rings. The van der Waals surface area contributed by atoms with E-state index in [4.69, 9.17) is 23.2 Å². The van der Waals surface area contributed by atoms with Gasteiger partial charge in [0, 0.05) is 10.7 Å². The van der Waals surface area contributed by atoms with E-state index in [1.54, 1.807) is 0 Å².